The summed E-state index contributed by atoms with van der Waals surface area (Å²) >= 11 is 0. The molecule has 2 N–H and O–H groups in total. The Bertz CT molecular complexity index is 401. The highest BCUT2D eigenvalue weighted by molar-refractivity contribution is 5.33. The number of aliphatic hydroxyl groups excluding tert-OH is 1. The van der Waals surface area contributed by atoms with Crippen molar-refractivity contribution in [3.63, 3.8) is 0 Å². The Morgan fingerprint density at radius 1 is 1.42 bits per heavy atom. The lowest BCUT2D eigenvalue weighted by atomic mass is 10.0. The molecule has 0 bridgehead atoms. The lowest BCUT2D eigenvalue weighted by Crippen LogP contribution is -2.23. The van der Waals surface area contributed by atoms with Crippen molar-refractivity contribution < 1.29 is 9.84 Å². The van der Waals surface area contributed by atoms with Gasteiger partial charge in [-0.1, -0.05) is 31.5 Å². The van der Waals surface area contributed by atoms with Gasteiger partial charge in [-0.25, -0.2) is 0 Å². The molecule has 0 radical (unpaired) electrons. The van der Waals surface area contributed by atoms with E-state index in [1.165, 1.54) is 0 Å². The number of aliphatic hydroxyl groups is 1. The third-order valence-corrected chi connectivity index (χ3v) is 3.13. The van der Waals surface area contributed by atoms with E-state index in [0.29, 0.717) is 12.5 Å². The smallest absolute Gasteiger partial charge is 0.174 e. The normalized spacial score (nSPS) is 11.8. The van der Waals surface area contributed by atoms with Crippen molar-refractivity contribution in [2.45, 2.75) is 26.3 Å². The second-order valence-electron chi connectivity index (χ2n) is 4.47. The zero-order valence-electron chi connectivity index (χ0n) is 11.4. The summed E-state index contributed by atoms with van der Waals surface area (Å²) in [4.78, 5) is 0. The number of ether oxygens (including phenoxy) is 1. The molecule has 1 rings (SSSR count). The summed E-state index contributed by atoms with van der Waals surface area (Å²) in [7, 11) is 0. The minimum Gasteiger partial charge on any atom is -0.478 e. The molecule has 1 atom stereocenters. The first kappa shape index (κ1) is 15.5. The number of hydrogen-bond donors (Lipinski definition) is 2. The Hall–Kier alpha value is -1.57. The van der Waals surface area contributed by atoms with Crippen LogP contribution in [0.5, 0.6) is 5.75 Å². The molecular weight excluding hydrogens is 240 g/mol. The number of para-hydroxylation sites is 1. The van der Waals surface area contributed by atoms with E-state index in [2.05, 4.69) is 12.2 Å². The predicted octanol–water partition coefficient (Wildman–Crippen LogP) is 2.09. The molecule has 1 aromatic rings. The van der Waals surface area contributed by atoms with Gasteiger partial charge in [0.15, 0.2) is 6.61 Å². The summed E-state index contributed by atoms with van der Waals surface area (Å²) in [5.41, 5.74) is 1.05. The third-order valence-electron chi connectivity index (χ3n) is 3.13. The summed E-state index contributed by atoms with van der Waals surface area (Å²) in [6, 6.07) is 9.70. The van der Waals surface area contributed by atoms with Crippen LogP contribution in [0.4, 0.5) is 0 Å². The molecule has 104 valence electrons. The third kappa shape index (κ3) is 5.73. The largest absolute Gasteiger partial charge is 0.478 e. The van der Waals surface area contributed by atoms with Crippen LogP contribution in [0.25, 0.3) is 0 Å². The van der Waals surface area contributed by atoms with Gasteiger partial charge in [-0.2, -0.15) is 5.26 Å². The Kier molecular flexibility index (Phi) is 7.64. The fraction of sp³-hybridized carbons (Fsp3) is 0.533. The second kappa shape index (κ2) is 9.37. The molecule has 4 heteroatoms. The van der Waals surface area contributed by atoms with E-state index in [1.807, 2.05) is 30.3 Å². The molecule has 1 aromatic carbocycles. The number of nitrogens with one attached hydrogen (secondary N) is 1. The lowest BCUT2D eigenvalue weighted by molar-refractivity contribution is 0.251. The van der Waals surface area contributed by atoms with Crippen LogP contribution < -0.4 is 10.1 Å². The van der Waals surface area contributed by atoms with Gasteiger partial charge < -0.3 is 15.2 Å². The van der Waals surface area contributed by atoms with Crippen LogP contribution in [-0.2, 0) is 6.54 Å². The van der Waals surface area contributed by atoms with Crippen molar-refractivity contribution in [2.75, 3.05) is 19.8 Å². The van der Waals surface area contributed by atoms with E-state index >= 15 is 0 Å². The molecule has 0 spiro atoms. The lowest BCUT2D eigenvalue weighted by Gasteiger charge is -2.15. The van der Waals surface area contributed by atoms with Gasteiger partial charge in [-0.15, -0.1) is 0 Å². The van der Waals surface area contributed by atoms with Gasteiger partial charge in [0.2, 0.25) is 0 Å². The molecule has 0 aliphatic heterocycles. The Balaban J connectivity index is 2.46. The Morgan fingerprint density at radius 3 is 2.89 bits per heavy atom. The molecule has 1 unspecified atom stereocenters. The molecule has 0 amide bonds. The average molecular weight is 262 g/mol. The topological polar surface area (TPSA) is 65.3 Å². The number of nitriles is 1. The van der Waals surface area contributed by atoms with Gasteiger partial charge in [-0.3, -0.25) is 0 Å². The van der Waals surface area contributed by atoms with Crippen molar-refractivity contribution in [1.82, 2.24) is 5.32 Å². The van der Waals surface area contributed by atoms with Crippen molar-refractivity contribution >= 4 is 0 Å². The summed E-state index contributed by atoms with van der Waals surface area (Å²) < 4.78 is 5.38. The molecule has 0 aliphatic rings. The van der Waals surface area contributed by atoms with Crippen LogP contribution in [0.1, 0.15) is 25.3 Å². The average Bonchev–Trinajstić information content (AvgIpc) is 2.45. The van der Waals surface area contributed by atoms with Gasteiger partial charge in [0.1, 0.15) is 11.8 Å². The van der Waals surface area contributed by atoms with Gasteiger partial charge in [0.05, 0.1) is 0 Å². The maximum absolute atomic E-state index is 8.95. The zero-order chi connectivity index (χ0) is 13.9. The van der Waals surface area contributed by atoms with E-state index in [1.54, 1.807) is 0 Å². The van der Waals surface area contributed by atoms with E-state index in [-0.39, 0.29) is 13.2 Å². The van der Waals surface area contributed by atoms with Crippen molar-refractivity contribution in [1.29, 1.82) is 5.26 Å². The molecule has 0 saturated carbocycles. The van der Waals surface area contributed by atoms with Gasteiger partial charge in [0.25, 0.3) is 0 Å². The van der Waals surface area contributed by atoms with Crippen molar-refractivity contribution in [3.8, 4) is 11.8 Å². The van der Waals surface area contributed by atoms with Crippen molar-refractivity contribution in [3.05, 3.63) is 29.8 Å². The quantitative estimate of drug-likeness (QED) is 0.715. The van der Waals surface area contributed by atoms with Crippen LogP contribution in [0.2, 0.25) is 0 Å². The first-order valence-corrected chi connectivity index (χ1v) is 6.71. The Labute approximate surface area is 115 Å². The van der Waals surface area contributed by atoms with Crippen LogP contribution in [0, 0.1) is 17.2 Å². The SMILES string of the molecule is CCC(CCO)CNCc1ccccc1OCC#N. The summed E-state index contributed by atoms with van der Waals surface area (Å²) in [5.74, 6) is 1.25. The highest BCUT2D eigenvalue weighted by Gasteiger charge is 2.06. The van der Waals surface area contributed by atoms with Crippen molar-refractivity contribution in [2.24, 2.45) is 5.92 Å². The highest BCUT2D eigenvalue weighted by Crippen LogP contribution is 2.17. The standard InChI is InChI=1S/C15H22N2O2/c1-2-13(7-9-18)11-17-12-14-5-3-4-6-15(14)19-10-8-16/h3-6,13,17-18H,2,7,9-12H2,1H3. The molecule has 0 saturated heterocycles. The van der Waals surface area contributed by atoms with E-state index in [0.717, 1.165) is 30.7 Å². The maximum atomic E-state index is 8.95. The van der Waals surface area contributed by atoms with Gasteiger partial charge >= 0.3 is 0 Å². The monoisotopic (exact) mass is 262 g/mol. The maximum Gasteiger partial charge on any atom is 0.174 e. The van der Waals surface area contributed by atoms with E-state index in [9.17, 15) is 0 Å². The minimum atomic E-state index is 0.0686. The summed E-state index contributed by atoms with van der Waals surface area (Å²) in [6.07, 6.45) is 1.89. The molecule has 0 fully saturated rings. The minimum absolute atomic E-state index is 0.0686. The zero-order valence-corrected chi connectivity index (χ0v) is 11.4. The first-order valence-electron chi connectivity index (χ1n) is 6.71. The number of benzene rings is 1. The number of nitrogens with zero attached hydrogens (tertiary/aromatic N) is 1. The Morgan fingerprint density at radius 2 is 2.21 bits per heavy atom. The first-order chi connectivity index (χ1) is 9.31. The summed E-state index contributed by atoms with van der Waals surface area (Å²) in [6.45, 7) is 4.03. The number of hydrogen-bond acceptors (Lipinski definition) is 4. The molecule has 0 aromatic heterocycles. The van der Waals surface area contributed by atoms with E-state index < -0.39 is 0 Å². The van der Waals surface area contributed by atoms with E-state index in [4.69, 9.17) is 15.1 Å². The van der Waals surface area contributed by atoms with Crippen LogP contribution in [0.3, 0.4) is 0 Å². The number of rotatable bonds is 9. The van der Waals surface area contributed by atoms with Crippen LogP contribution in [-0.4, -0.2) is 24.9 Å². The highest BCUT2D eigenvalue weighted by atomic mass is 16.5. The van der Waals surface area contributed by atoms with Crippen LogP contribution in [0.15, 0.2) is 24.3 Å². The molecule has 19 heavy (non-hydrogen) atoms. The van der Waals surface area contributed by atoms with Crippen LogP contribution >= 0.6 is 0 Å². The predicted molar refractivity (Wildman–Crippen MR) is 74.7 cm³/mol. The van der Waals surface area contributed by atoms with Gasteiger partial charge in [0, 0.05) is 18.7 Å². The fourth-order valence-electron chi connectivity index (χ4n) is 1.94. The molecular formula is C15H22N2O2. The second-order valence-corrected chi connectivity index (χ2v) is 4.47. The molecule has 4 nitrogen and oxygen atoms in total. The molecule has 0 heterocycles. The molecule has 0 aliphatic carbocycles. The van der Waals surface area contributed by atoms with Gasteiger partial charge in [-0.05, 0) is 24.9 Å². The fourth-order valence-corrected chi connectivity index (χ4v) is 1.94. The summed E-state index contributed by atoms with van der Waals surface area (Å²) in [5, 5.41) is 20.9.